The van der Waals surface area contributed by atoms with Gasteiger partial charge in [-0.25, -0.2) is 4.98 Å². The van der Waals surface area contributed by atoms with Gasteiger partial charge in [-0.15, -0.1) is 0 Å². The van der Waals surface area contributed by atoms with Crippen LogP contribution in [0.1, 0.15) is 5.56 Å². The molecule has 0 saturated carbocycles. The molecule has 1 aromatic heterocycles. The van der Waals surface area contributed by atoms with Gasteiger partial charge in [-0.1, -0.05) is 23.7 Å². The summed E-state index contributed by atoms with van der Waals surface area (Å²) in [4.78, 5) is 18.3. The average molecular weight is 236 g/mol. The monoisotopic (exact) mass is 235 g/mol. The molecule has 1 aromatic carbocycles. The first-order chi connectivity index (χ1) is 7.58. The number of nitrogens with two attached hydrogens (primary N) is 1. The van der Waals surface area contributed by atoms with Gasteiger partial charge in [0.2, 0.25) is 0 Å². The topological polar surface area (TPSA) is 71.8 Å². The molecule has 3 N–H and O–H groups in total. The number of hydrogen-bond donors (Lipinski definition) is 2. The lowest BCUT2D eigenvalue weighted by Crippen LogP contribution is -2.15. The van der Waals surface area contributed by atoms with E-state index < -0.39 is 0 Å². The molecule has 0 bridgehead atoms. The second-order valence-electron chi connectivity index (χ2n) is 3.44. The standard InChI is InChI=1S/C11H10ClN3O/c1-6-9(13)14-10(15-11(6)16)7-3-2-4-8(12)5-7/h2-5H,1H3,(H3,13,14,15,16). The normalized spacial score (nSPS) is 10.4. The van der Waals surface area contributed by atoms with E-state index in [1.54, 1.807) is 31.2 Å². The van der Waals surface area contributed by atoms with Gasteiger partial charge >= 0.3 is 0 Å². The molecule has 0 amide bonds. The van der Waals surface area contributed by atoms with Gasteiger partial charge in [0.05, 0.1) is 5.56 Å². The van der Waals surface area contributed by atoms with E-state index in [1.807, 2.05) is 0 Å². The second-order valence-corrected chi connectivity index (χ2v) is 3.87. The van der Waals surface area contributed by atoms with E-state index in [2.05, 4.69) is 9.97 Å². The molecule has 16 heavy (non-hydrogen) atoms. The van der Waals surface area contributed by atoms with Crippen molar-refractivity contribution in [2.45, 2.75) is 6.92 Å². The van der Waals surface area contributed by atoms with Crippen LogP contribution in [0.5, 0.6) is 0 Å². The summed E-state index contributed by atoms with van der Waals surface area (Å²) in [6.07, 6.45) is 0. The Balaban J connectivity index is 2.61. The molecular formula is C11H10ClN3O. The lowest BCUT2D eigenvalue weighted by atomic mass is 10.2. The molecule has 2 rings (SSSR count). The molecular weight excluding hydrogens is 226 g/mol. The zero-order valence-corrected chi connectivity index (χ0v) is 9.38. The van der Waals surface area contributed by atoms with E-state index in [1.165, 1.54) is 0 Å². The molecule has 0 aliphatic rings. The molecule has 0 fully saturated rings. The third-order valence-corrected chi connectivity index (χ3v) is 2.52. The maximum Gasteiger partial charge on any atom is 0.256 e. The minimum Gasteiger partial charge on any atom is -0.383 e. The van der Waals surface area contributed by atoms with Crippen molar-refractivity contribution in [1.82, 2.24) is 9.97 Å². The lowest BCUT2D eigenvalue weighted by molar-refractivity contribution is 1.10. The van der Waals surface area contributed by atoms with Gasteiger partial charge in [0.15, 0.2) is 0 Å². The van der Waals surface area contributed by atoms with Crippen molar-refractivity contribution in [3.63, 3.8) is 0 Å². The van der Waals surface area contributed by atoms with Gasteiger partial charge in [0.1, 0.15) is 11.6 Å². The SMILES string of the molecule is Cc1c(N)nc(-c2cccc(Cl)c2)[nH]c1=O. The van der Waals surface area contributed by atoms with E-state index in [4.69, 9.17) is 17.3 Å². The number of rotatable bonds is 1. The summed E-state index contributed by atoms with van der Waals surface area (Å²) in [6.45, 7) is 1.63. The van der Waals surface area contributed by atoms with Crippen molar-refractivity contribution in [2.24, 2.45) is 0 Å². The van der Waals surface area contributed by atoms with Gasteiger partial charge in [-0.05, 0) is 19.1 Å². The molecule has 5 heteroatoms. The van der Waals surface area contributed by atoms with Crippen LogP contribution in [0, 0.1) is 6.92 Å². The van der Waals surface area contributed by atoms with Gasteiger partial charge in [0.25, 0.3) is 5.56 Å². The number of nitrogens with one attached hydrogen (secondary N) is 1. The van der Waals surface area contributed by atoms with Crippen molar-refractivity contribution in [1.29, 1.82) is 0 Å². The fourth-order valence-corrected chi connectivity index (χ4v) is 1.51. The number of nitrogens with zero attached hydrogens (tertiary/aromatic N) is 1. The summed E-state index contributed by atoms with van der Waals surface area (Å²) in [7, 11) is 0. The van der Waals surface area contributed by atoms with Crippen LogP contribution in [-0.4, -0.2) is 9.97 Å². The first-order valence-electron chi connectivity index (χ1n) is 4.70. The van der Waals surface area contributed by atoms with Crippen molar-refractivity contribution in [2.75, 3.05) is 5.73 Å². The largest absolute Gasteiger partial charge is 0.383 e. The summed E-state index contributed by atoms with van der Waals surface area (Å²) < 4.78 is 0. The van der Waals surface area contributed by atoms with E-state index in [-0.39, 0.29) is 11.4 Å². The van der Waals surface area contributed by atoms with Crippen LogP contribution >= 0.6 is 11.6 Å². The molecule has 0 radical (unpaired) electrons. The number of benzene rings is 1. The van der Waals surface area contributed by atoms with Crippen molar-refractivity contribution in [3.05, 3.63) is 45.2 Å². The van der Waals surface area contributed by atoms with E-state index in [0.717, 1.165) is 5.56 Å². The van der Waals surface area contributed by atoms with Crippen LogP contribution in [0.2, 0.25) is 5.02 Å². The van der Waals surface area contributed by atoms with Crippen LogP contribution in [0.25, 0.3) is 11.4 Å². The predicted molar refractivity (Wildman–Crippen MR) is 64.5 cm³/mol. The Morgan fingerprint density at radius 2 is 2.19 bits per heavy atom. The second kappa shape index (κ2) is 3.98. The number of anilines is 1. The fraction of sp³-hybridized carbons (Fsp3) is 0.0909. The molecule has 0 unspecified atom stereocenters. The Bertz CT molecular complexity index is 592. The summed E-state index contributed by atoms with van der Waals surface area (Å²) in [5, 5.41) is 0.583. The minimum atomic E-state index is -0.234. The number of halogens is 1. The van der Waals surface area contributed by atoms with Crippen molar-refractivity contribution >= 4 is 17.4 Å². The zero-order valence-electron chi connectivity index (χ0n) is 8.62. The highest BCUT2D eigenvalue weighted by Crippen LogP contribution is 2.19. The summed E-state index contributed by atoms with van der Waals surface area (Å²) in [5.74, 6) is 0.661. The van der Waals surface area contributed by atoms with E-state index >= 15 is 0 Å². The smallest absolute Gasteiger partial charge is 0.256 e. The van der Waals surface area contributed by atoms with Gasteiger partial charge < -0.3 is 10.7 Å². The minimum absolute atomic E-state index is 0.234. The number of H-pyrrole nitrogens is 1. The molecule has 2 aromatic rings. The van der Waals surface area contributed by atoms with Gasteiger partial charge in [-0.2, -0.15) is 0 Å². The summed E-state index contributed by atoms with van der Waals surface area (Å²) >= 11 is 5.85. The fourth-order valence-electron chi connectivity index (χ4n) is 1.32. The van der Waals surface area contributed by atoms with Crippen LogP contribution in [-0.2, 0) is 0 Å². The number of hydrogen-bond acceptors (Lipinski definition) is 3. The Morgan fingerprint density at radius 1 is 1.44 bits per heavy atom. The van der Waals surface area contributed by atoms with Crippen LogP contribution in [0.3, 0.4) is 0 Å². The summed E-state index contributed by atoms with van der Waals surface area (Å²) in [6, 6.07) is 7.06. The summed E-state index contributed by atoms with van der Waals surface area (Å²) in [5.41, 5.74) is 6.55. The maximum absolute atomic E-state index is 11.5. The predicted octanol–water partition coefficient (Wildman–Crippen LogP) is 1.98. The highest BCUT2D eigenvalue weighted by molar-refractivity contribution is 6.30. The molecule has 0 spiro atoms. The lowest BCUT2D eigenvalue weighted by Gasteiger charge is -2.04. The van der Waals surface area contributed by atoms with Crippen molar-refractivity contribution < 1.29 is 0 Å². The molecule has 4 nitrogen and oxygen atoms in total. The molecule has 0 atom stereocenters. The molecule has 0 aliphatic heterocycles. The zero-order chi connectivity index (χ0) is 11.7. The van der Waals surface area contributed by atoms with Gasteiger partial charge in [0, 0.05) is 10.6 Å². The third-order valence-electron chi connectivity index (χ3n) is 2.29. The Hall–Kier alpha value is -1.81. The van der Waals surface area contributed by atoms with Crippen LogP contribution in [0.15, 0.2) is 29.1 Å². The molecule has 1 heterocycles. The average Bonchev–Trinajstić information content (AvgIpc) is 2.25. The number of nitrogen functional groups attached to an aromatic ring is 1. The van der Waals surface area contributed by atoms with Gasteiger partial charge in [-0.3, -0.25) is 4.79 Å². The highest BCUT2D eigenvalue weighted by Gasteiger charge is 2.06. The van der Waals surface area contributed by atoms with Crippen LogP contribution in [0.4, 0.5) is 5.82 Å². The van der Waals surface area contributed by atoms with Crippen LogP contribution < -0.4 is 11.3 Å². The molecule has 0 saturated heterocycles. The Morgan fingerprint density at radius 3 is 2.81 bits per heavy atom. The Labute approximate surface area is 97.1 Å². The number of aromatic nitrogens is 2. The molecule has 82 valence electrons. The molecule has 0 aliphatic carbocycles. The number of aromatic amines is 1. The third kappa shape index (κ3) is 1.92. The first kappa shape index (κ1) is 10.7. The highest BCUT2D eigenvalue weighted by atomic mass is 35.5. The quantitative estimate of drug-likeness (QED) is 0.794. The van der Waals surface area contributed by atoms with E-state index in [0.29, 0.717) is 16.4 Å². The maximum atomic E-state index is 11.5. The Kier molecular flexibility index (Phi) is 2.66. The van der Waals surface area contributed by atoms with E-state index in [9.17, 15) is 4.79 Å². The first-order valence-corrected chi connectivity index (χ1v) is 5.08. The van der Waals surface area contributed by atoms with Crippen molar-refractivity contribution in [3.8, 4) is 11.4 Å².